The first-order valence-corrected chi connectivity index (χ1v) is 6.07. The van der Waals surface area contributed by atoms with Crippen LogP contribution in [0.5, 0.6) is 0 Å². The third kappa shape index (κ3) is 3.30. The molecule has 4 nitrogen and oxygen atoms in total. The van der Waals surface area contributed by atoms with Gasteiger partial charge in [-0.3, -0.25) is 4.79 Å². The molecule has 1 rings (SSSR count). The number of carboxylic acid groups (broad SMARTS) is 1. The van der Waals surface area contributed by atoms with Crippen LogP contribution in [0.2, 0.25) is 0 Å². The third-order valence-electron chi connectivity index (χ3n) is 3.21. The van der Waals surface area contributed by atoms with Crippen molar-refractivity contribution in [2.24, 2.45) is 0 Å². The Labute approximate surface area is 111 Å². The number of carboxylic acids is 1. The fraction of sp³-hybridized carbons (Fsp3) is 0.429. The summed E-state index contributed by atoms with van der Waals surface area (Å²) in [6.07, 6.45) is 0.135. The number of hydrogen-bond acceptors (Lipinski definition) is 2. The van der Waals surface area contributed by atoms with Crippen molar-refractivity contribution in [2.75, 3.05) is 6.54 Å². The number of aliphatic carboxylic acids is 1. The lowest BCUT2D eigenvalue weighted by atomic mass is 9.90. The van der Waals surface area contributed by atoms with Crippen LogP contribution in [0.3, 0.4) is 0 Å². The maximum Gasteiger partial charge on any atom is 0.329 e. The summed E-state index contributed by atoms with van der Waals surface area (Å²) in [6, 6.07) is 5.62. The van der Waals surface area contributed by atoms with Gasteiger partial charge in [-0.05, 0) is 31.5 Å². The van der Waals surface area contributed by atoms with Crippen molar-refractivity contribution in [3.05, 3.63) is 35.6 Å². The Hall–Kier alpha value is -1.91. The van der Waals surface area contributed by atoms with Crippen molar-refractivity contribution in [1.82, 2.24) is 4.90 Å². The summed E-state index contributed by atoms with van der Waals surface area (Å²) >= 11 is 0. The highest BCUT2D eigenvalue weighted by atomic mass is 19.1. The number of carbonyl (C=O) groups is 2. The summed E-state index contributed by atoms with van der Waals surface area (Å²) < 4.78 is 12.9. The van der Waals surface area contributed by atoms with Crippen molar-refractivity contribution in [1.29, 1.82) is 0 Å². The van der Waals surface area contributed by atoms with Crippen molar-refractivity contribution >= 4 is 11.9 Å². The molecule has 0 aliphatic rings. The standard InChI is InChI=1S/C14H18FNO3/c1-4-16(10(2)17)14(3,13(18)19)9-11-5-7-12(15)8-6-11/h5-8H,4,9H2,1-3H3,(H,18,19). The highest BCUT2D eigenvalue weighted by molar-refractivity contribution is 5.86. The van der Waals surface area contributed by atoms with Gasteiger partial charge in [0.15, 0.2) is 0 Å². The minimum Gasteiger partial charge on any atom is -0.479 e. The first-order valence-electron chi connectivity index (χ1n) is 6.07. The smallest absolute Gasteiger partial charge is 0.329 e. The van der Waals surface area contributed by atoms with Gasteiger partial charge >= 0.3 is 5.97 Å². The number of hydrogen-bond donors (Lipinski definition) is 1. The summed E-state index contributed by atoms with van der Waals surface area (Å²) in [6.45, 7) is 4.88. The van der Waals surface area contributed by atoms with E-state index in [0.717, 1.165) is 0 Å². The average Bonchev–Trinajstić information content (AvgIpc) is 2.32. The van der Waals surface area contributed by atoms with E-state index in [1.807, 2.05) is 0 Å². The zero-order valence-corrected chi connectivity index (χ0v) is 11.3. The van der Waals surface area contributed by atoms with Gasteiger partial charge in [0.1, 0.15) is 11.4 Å². The fourth-order valence-corrected chi connectivity index (χ4v) is 2.21. The summed E-state index contributed by atoms with van der Waals surface area (Å²) in [5.41, 5.74) is -0.663. The zero-order chi connectivity index (χ0) is 14.6. The molecule has 0 saturated heterocycles. The number of nitrogens with zero attached hydrogens (tertiary/aromatic N) is 1. The molecule has 19 heavy (non-hydrogen) atoms. The monoisotopic (exact) mass is 267 g/mol. The number of amides is 1. The summed E-state index contributed by atoms with van der Waals surface area (Å²) in [5, 5.41) is 9.43. The van der Waals surface area contributed by atoms with E-state index in [1.165, 1.54) is 43.0 Å². The van der Waals surface area contributed by atoms with Gasteiger partial charge in [-0.1, -0.05) is 12.1 Å². The molecule has 1 atom stereocenters. The van der Waals surface area contributed by atoms with E-state index in [9.17, 15) is 19.1 Å². The van der Waals surface area contributed by atoms with Crippen LogP contribution in [0.15, 0.2) is 24.3 Å². The first kappa shape index (κ1) is 15.1. The van der Waals surface area contributed by atoms with Gasteiger partial charge in [-0.25, -0.2) is 9.18 Å². The molecule has 1 aromatic carbocycles. The Morgan fingerprint density at radius 2 is 1.84 bits per heavy atom. The maximum atomic E-state index is 12.9. The minimum absolute atomic E-state index is 0.135. The molecule has 0 heterocycles. The van der Waals surface area contributed by atoms with Crippen LogP contribution in [0.25, 0.3) is 0 Å². The predicted octanol–water partition coefficient (Wildman–Crippen LogP) is 2.08. The van der Waals surface area contributed by atoms with Gasteiger partial charge in [0.2, 0.25) is 5.91 Å². The molecule has 0 saturated carbocycles. The molecule has 0 spiro atoms. The van der Waals surface area contributed by atoms with E-state index in [-0.39, 0.29) is 18.1 Å². The van der Waals surface area contributed by atoms with Gasteiger partial charge in [-0.15, -0.1) is 0 Å². The van der Waals surface area contributed by atoms with E-state index >= 15 is 0 Å². The van der Waals surface area contributed by atoms with Crippen molar-refractivity contribution in [3.63, 3.8) is 0 Å². The van der Waals surface area contributed by atoms with E-state index < -0.39 is 11.5 Å². The van der Waals surface area contributed by atoms with Gasteiger partial charge in [-0.2, -0.15) is 0 Å². The topological polar surface area (TPSA) is 57.6 Å². The molecule has 0 aromatic heterocycles. The third-order valence-corrected chi connectivity index (χ3v) is 3.21. The lowest BCUT2D eigenvalue weighted by Gasteiger charge is -2.36. The van der Waals surface area contributed by atoms with Gasteiger partial charge in [0.25, 0.3) is 0 Å². The molecule has 0 aliphatic carbocycles. The quantitative estimate of drug-likeness (QED) is 0.888. The van der Waals surface area contributed by atoms with Crippen LogP contribution >= 0.6 is 0 Å². The van der Waals surface area contributed by atoms with Crippen LogP contribution in [-0.2, 0) is 16.0 Å². The number of halogens is 1. The Morgan fingerprint density at radius 3 is 2.21 bits per heavy atom. The lowest BCUT2D eigenvalue weighted by Crippen LogP contribution is -2.55. The molecule has 5 heteroatoms. The summed E-state index contributed by atoms with van der Waals surface area (Å²) in [7, 11) is 0. The van der Waals surface area contributed by atoms with E-state index in [2.05, 4.69) is 0 Å². The van der Waals surface area contributed by atoms with Crippen LogP contribution < -0.4 is 0 Å². The highest BCUT2D eigenvalue weighted by Crippen LogP contribution is 2.22. The van der Waals surface area contributed by atoms with Crippen molar-refractivity contribution in [3.8, 4) is 0 Å². The second kappa shape index (κ2) is 5.82. The number of rotatable bonds is 5. The van der Waals surface area contributed by atoms with E-state index in [1.54, 1.807) is 6.92 Å². The lowest BCUT2D eigenvalue weighted by molar-refractivity contribution is -0.157. The number of benzene rings is 1. The van der Waals surface area contributed by atoms with Crippen LogP contribution in [0.4, 0.5) is 4.39 Å². The molecule has 0 bridgehead atoms. The summed E-state index contributed by atoms with van der Waals surface area (Å²) in [4.78, 5) is 24.4. The molecule has 1 amide bonds. The maximum absolute atomic E-state index is 12.9. The average molecular weight is 267 g/mol. The van der Waals surface area contributed by atoms with Gasteiger partial charge in [0.05, 0.1) is 0 Å². The second-order valence-electron chi connectivity index (χ2n) is 4.65. The predicted molar refractivity (Wildman–Crippen MR) is 69.2 cm³/mol. The van der Waals surface area contributed by atoms with E-state index in [0.29, 0.717) is 12.1 Å². The summed E-state index contributed by atoms with van der Waals surface area (Å²) in [5.74, 6) is -1.75. The number of carbonyl (C=O) groups excluding carboxylic acids is 1. The largest absolute Gasteiger partial charge is 0.479 e. The van der Waals surface area contributed by atoms with Crippen molar-refractivity contribution in [2.45, 2.75) is 32.7 Å². The normalized spacial score (nSPS) is 13.7. The Kier molecular flexibility index (Phi) is 4.64. The van der Waals surface area contributed by atoms with E-state index in [4.69, 9.17) is 0 Å². The first-order chi connectivity index (χ1) is 8.81. The molecule has 0 fully saturated rings. The zero-order valence-electron chi connectivity index (χ0n) is 11.3. The van der Waals surface area contributed by atoms with Gasteiger partial charge < -0.3 is 10.0 Å². The Bertz CT molecular complexity index is 472. The van der Waals surface area contributed by atoms with Crippen LogP contribution in [0.1, 0.15) is 26.3 Å². The SMILES string of the molecule is CCN(C(C)=O)C(C)(Cc1ccc(F)cc1)C(=O)O. The van der Waals surface area contributed by atoms with Crippen LogP contribution in [0, 0.1) is 5.82 Å². The molecule has 1 unspecified atom stereocenters. The fourth-order valence-electron chi connectivity index (χ4n) is 2.21. The Morgan fingerprint density at radius 1 is 1.32 bits per heavy atom. The molecule has 1 N–H and O–H groups in total. The Balaban J connectivity index is 3.09. The molecule has 0 radical (unpaired) electrons. The number of likely N-dealkylation sites (N-methyl/N-ethyl adjacent to an activating group) is 1. The van der Waals surface area contributed by atoms with Crippen LogP contribution in [-0.4, -0.2) is 34.0 Å². The molecule has 0 aliphatic heterocycles. The minimum atomic E-state index is -1.33. The highest BCUT2D eigenvalue weighted by Gasteiger charge is 2.40. The molecule has 104 valence electrons. The molecule has 1 aromatic rings. The molecular formula is C14H18FNO3. The second-order valence-corrected chi connectivity index (χ2v) is 4.65. The van der Waals surface area contributed by atoms with Crippen molar-refractivity contribution < 1.29 is 19.1 Å². The molecular weight excluding hydrogens is 249 g/mol. The van der Waals surface area contributed by atoms with Gasteiger partial charge in [0, 0.05) is 19.9 Å².